The maximum atomic E-state index is 14.0. The Morgan fingerprint density at radius 3 is 2.79 bits per heavy atom. The molecule has 1 aromatic rings. The predicted octanol–water partition coefficient (Wildman–Crippen LogP) is 3.69. The van der Waals surface area contributed by atoms with E-state index in [1.54, 1.807) is 0 Å². The van der Waals surface area contributed by atoms with Crippen LogP contribution in [0, 0.1) is 11.6 Å². The molecule has 1 saturated heterocycles. The van der Waals surface area contributed by atoms with Gasteiger partial charge in [0.1, 0.15) is 11.6 Å². The standard InChI is InChI=1S/C14H19BrF2N2/c1-3-4-10-8-19(9(2)7-18-10)14-6-12(16)11(15)5-13(14)17/h5-6,9-10,18H,3-4,7-8H2,1-2H3. The third-order valence-electron chi connectivity index (χ3n) is 3.59. The lowest BCUT2D eigenvalue weighted by Crippen LogP contribution is -2.55. The summed E-state index contributed by atoms with van der Waals surface area (Å²) in [6.07, 6.45) is 2.13. The van der Waals surface area contributed by atoms with Gasteiger partial charge in [0.15, 0.2) is 0 Å². The fourth-order valence-electron chi connectivity index (χ4n) is 2.54. The van der Waals surface area contributed by atoms with Crippen molar-refractivity contribution in [3.05, 3.63) is 28.2 Å². The predicted molar refractivity (Wildman–Crippen MR) is 77.6 cm³/mol. The highest BCUT2D eigenvalue weighted by Gasteiger charge is 2.27. The zero-order valence-electron chi connectivity index (χ0n) is 11.2. The van der Waals surface area contributed by atoms with Crippen LogP contribution in [-0.2, 0) is 0 Å². The van der Waals surface area contributed by atoms with Crippen LogP contribution < -0.4 is 10.2 Å². The number of rotatable bonds is 3. The average molecular weight is 333 g/mol. The summed E-state index contributed by atoms with van der Waals surface area (Å²) in [5.74, 6) is -0.800. The first-order valence-electron chi connectivity index (χ1n) is 6.67. The minimum absolute atomic E-state index is 0.156. The molecule has 2 nitrogen and oxygen atoms in total. The van der Waals surface area contributed by atoms with Crippen molar-refractivity contribution in [1.82, 2.24) is 5.32 Å². The van der Waals surface area contributed by atoms with Crippen LogP contribution in [-0.4, -0.2) is 25.2 Å². The van der Waals surface area contributed by atoms with Gasteiger partial charge in [-0.25, -0.2) is 8.78 Å². The molecule has 0 spiro atoms. The van der Waals surface area contributed by atoms with E-state index in [1.807, 2.05) is 11.8 Å². The van der Waals surface area contributed by atoms with E-state index in [0.29, 0.717) is 18.3 Å². The van der Waals surface area contributed by atoms with Crippen LogP contribution in [0.3, 0.4) is 0 Å². The van der Waals surface area contributed by atoms with Crippen LogP contribution >= 0.6 is 15.9 Å². The highest BCUT2D eigenvalue weighted by molar-refractivity contribution is 9.10. The van der Waals surface area contributed by atoms with Gasteiger partial charge in [0.2, 0.25) is 0 Å². The molecule has 1 aliphatic heterocycles. The second kappa shape index (κ2) is 6.18. The third kappa shape index (κ3) is 3.26. The molecule has 0 bridgehead atoms. The molecule has 0 saturated carbocycles. The second-order valence-corrected chi connectivity index (χ2v) is 5.97. The van der Waals surface area contributed by atoms with Gasteiger partial charge in [-0.2, -0.15) is 0 Å². The normalized spacial score (nSPS) is 23.7. The highest BCUT2D eigenvalue weighted by Crippen LogP contribution is 2.29. The van der Waals surface area contributed by atoms with Crippen molar-refractivity contribution in [2.75, 3.05) is 18.0 Å². The Morgan fingerprint density at radius 2 is 2.11 bits per heavy atom. The number of hydrogen-bond acceptors (Lipinski definition) is 2. The molecule has 0 radical (unpaired) electrons. The van der Waals surface area contributed by atoms with Crippen molar-refractivity contribution in [3.63, 3.8) is 0 Å². The molecule has 2 rings (SSSR count). The second-order valence-electron chi connectivity index (χ2n) is 5.11. The Bertz CT molecular complexity index is 453. The lowest BCUT2D eigenvalue weighted by Gasteiger charge is -2.40. The fraction of sp³-hybridized carbons (Fsp3) is 0.571. The lowest BCUT2D eigenvalue weighted by atomic mass is 10.0. The minimum atomic E-state index is -0.422. The van der Waals surface area contributed by atoms with Gasteiger partial charge >= 0.3 is 0 Å². The Kier molecular flexibility index (Phi) is 4.79. The third-order valence-corrected chi connectivity index (χ3v) is 4.20. The molecule has 0 aromatic heterocycles. The van der Waals surface area contributed by atoms with Crippen LogP contribution in [0.2, 0.25) is 0 Å². The van der Waals surface area contributed by atoms with Crippen LogP contribution in [0.1, 0.15) is 26.7 Å². The summed E-state index contributed by atoms with van der Waals surface area (Å²) in [7, 11) is 0. The van der Waals surface area contributed by atoms with Gasteiger partial charge in [0, 0.05) is 31.2 Å². The molecule has 5 heteroatoms. The Labute approximate surface area is 121 Å². The van der Waals surface area contributed by atoms with Crippen LogP contribution in [0.25, 0.3) is 0 Å². The molecule has 1 fully saturated rings. The topological polar surface area (TPSA) is 15.3 Å². The molecule has 1 N–H and O–H groups in total. The van der Waals surface area contributed by atoms with Gasteiger partial charge in [-0.05, 0) is 35.3 Å². The number of halogens is 3. The summed E-state index contributed by atoms with van der Waals surface area (Å²) in [6, 6.07) is 2.98. The van der Waals surface area contributed by atoms with Crippen molar-refractivity contribution >= 4 is 21.6 Å². The Balaban J connectivity index is 2.25. The van der Waals surface area contributed by atoms with Crippen molar-refractivity contribution < 1.29 is 8.78 Å². The van der Waals surface area contributed by atoms with E-state index in [9.17, 15) is 8.78 Å². The molecule has 0 amide bonds. The quantitative estimate of drug-likeness (QED) is 0.849. The maximum absolute atomic E-state index is 14.0. The first-order chi connectivity index (χ1) is 9.02. The molecule has 1 heterocycles. The van der Waals surface area contributed by atoms with E-state index in [0.717, 1.165) is 19.4 Å². The van der Waals surface area contributed by atoms with E-state index in [4.69, 9.17) is 0 Å². The first kappa shape index (κ1) is 14.7. The van der Waals surface area contributed by atoms with Gasteiger partial charge in [0.25, 0.3) is 0 Å². The summed E-state index contributed by atoms with van der Waals surface area (Å²) in [4.78, 5) is 1.96. The van der Waals surface area contributed by atoms with Crippen molar-refractivity contribution in [2.45, 2.75) is 38.8 Å². The van der Waals surface area contributed by atoms with Crippen molar-refractivity contribution in [2.24, 2.45) is 0 Å². The monoisotopic (exact) mass is 332 g/mol. The summed E-state index contributed by atoms with van der Waals surface area (Å²) >= 11 is 3.01. The number of piperazine rings is 1. The summed E-state index contributed by atoms with van der Waals surface area (Å²) in [6.45, 7) is 5.66. The van der Waals surface area contributed by atoms with E-state index in [2.05, 4.69) is 28.2 Å². The van der Waals surface area contributed by atoms with Gasteiger partial charge in [-0.3, -0.25) is 0 Å². The highest BCUT2D eigenvalue weighted by atomic mass is 79.9. The molecule has 0 aliphatic carbocycles. The SMILES string of the molecule is CCCC1CN(c2cc(F)c(Br)cc2F)C(C)CN1. The van der Waals surface area contributed by atoms with Crippen LogP contribution in [0.15, 0.2) is 16.6 Å². The summed E-state index contributed by atoms with van der Waals surface area (Å²) < 4.78 is 27.8. The maximum Gasteiger partial charge on any atom is 0.147 e. The number of benzene rings is 1. The van der Waals surface area contributed by atoms with Crippen molar-refractivity contribution in [3.8, 4) is 0 Å². The summed E-state index contributed by atoms with van der Waals surface area (Å²) in [5, 5.41) is 3.45. The average Bonchev–Trinajstić information content (AvgIpc) is 2.37. The molecule has 2 atom stereocenters. The van der Waals surface area contributed by atoms with Crippen LogP contribution in [0.5, 0.6) is 0 Å². The largest absolute Gasteiger partial charge is 0.364 e. The lowest BCUT2D eigenvalue weighted by molar-refractivity contribution is 0.382. The number of hydrogen-bond donors (Lipinski definition) is 1. The molecule has 1 aliphatic rings. The first-order valence-corrected chi connectivity index (χ1v) is 7.46. The number of nitrogens with zero attached hydrogens (tertiary/aromatic N) is 1. The number of nitrogens with one attached hydrogen (secondary N) is 1. The Morgan fingerprint density at radius 1 is 1.37 bits per heavy atom. The van der Waals surface area contributed by atoms with Gasteiger partial charge < -0.3 is 10.2 Å². The zero-order chi connectivity index (χ0) is 14.0. The molecule has 1 aromatic carbocycles. The summed E-state index contributed by atoms with van der Waals surface area (Å²) in [5.41, 5.74) is 0.357. The molecule has 19 heavy (non-hydrogen) atoms. The zero-order valence-corrected chi connectivity index (χ0v) is 12.8. The molecule has 2 unspecified atom stereocenters. The fourth-order valence-corrected chi connectivity index (χ4v) is 2.85. The van der Waals surface area contributed by atoms with E-state index >= 15 is 0 Å². The van der Waals surface area contributed by atoms with Crippen molar-refractivity contribution in [1.29, 1.82) is 0 Å². The van der Waals surface area contributed by atoms with Crippen LogP contribution in [0.4, 0.5) is 14.5 Å². The molecule has 106 valence electrons. The Hall–Kier alpha value is -0.680. The van der Waals surface area contributed by atoms with Gasteiger partial charge in [0.05, 0.1) is 10.2 Å². The van der Waals surface area contributed by atoms with E-state index < -0.39 is 5.82 Å². The molecular formula is C14H19BrF2N2. The van der Waals surface area contributed by atoms with Gasteiger partial charge in [-0.1, -0.05) is 13.3 Å². The minimum Gasteiger partial charge on any atom is -0.364 e. The van der Waals surface area contributed by atoms with E-state index in [-0.39, 0.29) is 16.3 Å². The number of anilines is 1. The van der Waals surface area contributed by atoms with Gasteiger partial charge in [-0.15, -0.1) is 0 Å². The van der Waals surface area contributed by atoms with E-state index in [1.165, 1.54) is 12.1 Å². The molecular weight excluding hydrogens is 314 g/mol. The smallest absolute Gasteiger partial charge is 0.147 e.